The summed E-state index contributed by atoms with van der Waals surface area (Å²) in [7, 11) is 3.28. The number of aromatic nitrogens is 3. The van der Waals surface area contributed by atoms with Gasteiger partial charge in [0.1, 0.15) is 5.56 Å². The molecule has 0 atom stereocenters. The highest BCUT2D eigenvalue weighted by Crippen LogP contribution is 2.19. The zero-order valence-corrected chi connectivity index (χ0v) is 14.2. The predicted octanol–water partition coefficient (Wildman–Crippen LogP) is 2.51. The Morgan fingerprint density at radius 3 is 2.92 bits per heavy atom. The summed E-state index contributed by atoms with van der Waals surface area (Å²) in [6.07, 6.45) is 2.52. The van der Waals surface area contributed by atoms with Crippen LogP contribution in [0.1, 0.15) is 22.5 Å². The van der Waals surface area contributed by atoms with Gasteiger partial charge in [-0.05, 0) is 30.9 Å². The van der Waals surface area contributed by atoms with Crippen molar-refractivity contribution < 1.29 is 9.53 Å². The summed E-state index contributed by atoms with van der Waals surface area (Å²) in [5, 5.41) is 8.27. The monoisotopic (exact) mass is 326 g/mol. The van der Waals surface area contributed by atoms with E-state index < -0.39 is 0 Å². The number of rotatable bonds is 6. The fourth-order valence-corrected chi connectivity index (χ4v) is 2.95. The molecule has 0 unspecified atom stereocenters. The van der Waals surface area contributed by atoms with Gasteiger partial charge in [0.05, 0.1) is 7.11 Å². The van der Waals surface area contributed by atoms with Crippen LogP contribution in [0.15, 0.2) is 36.5 Å². The minimum absolute atomic E-state index is 0.158. The fraction of sp³-hybridized carbons (Fsp3) is 0.333. The molecule has 126 valence electrons. The number of aryl methyl sites for hydroxylation is 3. The van der Waals surface area contributed by atoms with Gasteiger partial charge in [0.2, 0.25) is 5.88 Å². The van der Waals surface area contributed by atoms with Gasteiger partial charge in [-0.1, -0.05) is 18.2 Å². The lowest BCUT2D eigenvalue weighted by Gasteiger charge is -2.09. The molecular formula is C18H22N4O2. The first-order valence-electron chi connectivity index (χ1n) is 8.01. The number of amides is 1. The quantitative estimate of drug-likeness (QED) is 0.708. The largest absolute Gasteiger partial charge is 0.479 e. The molecule has 24 heavy (non-hydrogen) atoms. The van der Waals surface area contributed by atoms with E-state index in [1.807, 2.05) is 6.07 Å². The maximum Gasteiger partial charge on any atom is 0.258 e. The normalized spacial score (nSPS) is 11.0. The second-order valence-corrected chi connectivity index (χ2v) is 5.83. The molecule has 6 heteroatoms. The van der Waals surface area contributed by atoms with Crippen LogP contribution in [0.4, 0.5) is 0 Å². The molecule has 0 aliphatic heterocycles. The number of nitrogens with zero attached hydrogens (tertiary/aromatic N) is 3. The number of para-hydroxylation sites is 1. The van der Waals surface area contributed by atoms with Crippen LogP contribution in [0.25, 0.3) is 10.9 Å². The van der Waals surface area contributed by atoms with Crippen molar-refractivity contribution >= 4 is 16.8 Å². The van der Waals surface area contributed by atoms with Crippen molar-refractivity contribution in [3.8, 4) is 5.88 Å². The van der Waals surface area contributed by atoms with Crippen LogP contribution < -0.4 is 10.1 Å². The Morgan fingerprint density at radius 2 is 2.12 bits per heavy atom. The second-order valence-electron chi connectivity index (χ2n) is 5.83. The average Bonchev–Trinajstić information content (AvgIpc) is 3.11. The van der Waals surface area contributed by atoms with Crippen LogP contribution in [0, 0.1) is 6.92 Å². The summed E-state index contributed by atoms with van der Waals surface area (Å²) in [5.41, 5.74) is 2.93. The topological polar surface area (TPSA) is 61.1 Å². The molecule has 0 saturated carbocycles. The Morgan fingerprint density at radius 1 is 1.33 bits per heavy atom. The van der Waals surface area contributed by atoms with Crippen molar-refractivity contribution in [1.29, 1.82) is 0 Å². The van der Waals surface area contributed by atoms with Crippen LogP contribution in [0.5, 0.6) is 5.88 Å². The maximum absolute atomic E-state index is 12.2. The van der Waals surface area contributed by atoms with Crippen LogP contribution in [0.3, 0.4) is 0 Å². The number of benzene rings is 1. The second kappa shape index (κ2) is 6.78. The van der Waals surface area contributed by atoms with Gasteiger partial charge in [-0.3, -0.25) is 9.48 Å². The maximum atomic E-state index is 12.2. The SMILES string of the molecule is COc1nn(C)cc1C(=O)NCCCn1c(C)cc2ccccc21. The van der Waals surface area contributed by atoms with Gasteiger partial charge in [-0.15, -0.1) is 5.10 Å². The number of hydrogen-bond donors (Lipinski definition) is 1. The average molecular weight is 326 g/mol. The van der Waals surface area contributed by atoms with Crippen molar-refractivity contribution in [3.63, 3.8) is 0 Å². The van der Waals surface area contributed by atoms with Crippen molar-refractivity contribution in [2.75, 3.05) is 13.7 Å². The molecule has 3 aromatic rings. The molecular weight excluding hydrogens is 304 g/mol. The molecule has 1 N–H and O–H groups in total. The highest BCUT2D eigenvalue weighted by atomic mass is 16.5. The molecule has 3 rings (SSSR count). The van der Waals surface area contributed by atoms with Gasteiger partial charge >= 0.3 is 0 Å². The molecule has 0 spiro atoms. The van der Waals surface area contributed by atoms with E-state index in [2.05, 4.69) is 46.2 Å². The van der Waals surface area contributed by atoms with Gasteiger partial charge in [0.25, 0.3) is 5.91 Å². The van der Waals surface area contributed by atoms with Gasteiger partial charge in [-0.2, -0.15) is 0 Å². The molecule has 1 amide bonds. The number of carbonyl (C=O) groups excluding carboxylic acids is 1. The molecule has 0 bridgehead atoms. The highest BCUT2D eigenvalue weighted by molar-refractivity contribution is 5.96. The van der Waals surface area contributed by atoms with Crippen molar-refractivity contribution in [2.45, 2.75) is 19.9 Å². The smallest absolute Gasteiger partial charge is 0.258 e. The zero-order valence-electron chi connectivity index (χ0n) is 14.2. The van der Waals surface area contributed by atoms with E-state index in [0.29, 0.717) is 18.0 Å². The van der Waals surface area contributed by atoms with Crippen molar-refractivity contribution in [3.05, 3.63) is 47.8 Å². The molecule has 0 radical (unpaired) electrons. The first-order chi connectivity index (χ1) is 11.6. The third kappa shape index (κ3) is 3.13. The lowest BCUT2D eigenvalue weighted by molar-refractivity contribution is 0.0949. The Bertz CT molecular complexity index is 863. The number of methoxy groups -OCH3 is 1. The summed E-state index contributed by atoms with van der Waals surface area (Å²) < 4.78 is 8.98. The lowest BCUT2D eigenvalue weighted by Crippen LogP contribution is -2.25. The number of fused-ring (bicyclic) bond motifs is 1. The predicted molar refractivity (Wildman–Crippen MR) is 93.4 cm³/mol. The van der Waals surface area contributed by atoms with E-state index in [0.717, 1.165) is 13.0 Å². The number of ether oxygens (including phenoxy) is 1. The summed E-state index contributed by atoms with van der Waals surface area (Å²) >= 11 is 0. The molecule has 1 aromatic carbocycles. The standard InChI is InChI=1S/C18H22N4O2/c1-13-11-14-7-4-5-8-16(14)22(13)10-6-9-19-17(23)15-12-21(2)20-18(15)24-3/h4-5,7-8,11-12H,6,9-10H2,1-3H3,(H,19,23). The fourth-order valence-electron chi connectivity index (χ4n) is 2.95. The Labute approximate surface area is 141 Å². The summed E-state index contributed by atoms with van der Waals surface area (Å²) in [4.78, 5) is 12.2. The van der Waals surface area contributed by atoms with Gasteiger partial charge in [0.15, 0.2) is 0 Å². The van der Waals surface area contributed by atoms with Gasteiger partial charge < -0.3 is 14.6 Å². The molecule has 0 saturated heterocycles. The van der Waals surface area contributed by atoms with E-state index >= 15 is 0 Å². The van der Waals surface area contributed by atoms with Gasteiger partial charge in [-0.25, -0.2) is 0 Å². The van der Waals surface area contributed by atoms with E-state index in [-0.39, 0.29) is 5.91 Å². The Kier molecular flexibility index (Phi) is 4.55. The molecule has 2 aromatic heterocycles. The van der Waals surface area contributed by atoms with Crippen LogP contribution in [-0.4, -0.2) is 33.9 Å². The van der Waals surface area contributed by atoms with E-state index in [9.17, 15) is 4.79 Å². The minimum Gasteiger partial charge on any atom is -0.479 e. The van der Waals surface area contributed by atoms with Gasteiger partial charge in [0, 0.05) is 37.5 Å². The van der Waals surface area contributed by atoms with Crippen molar-refractivity contribution in [1.82, 2.24) is 19.7 Å². The van der Waals surface area contributed by atoms with E-state index in [4.69, 9.17) is 4.74 Å². The van der Waals surface area contributed by atoms with E-state index in [1.165, 1.54) is 23.7 Å². The first-order valence-corrected chi connectivity index (χ1v) is 8.01. The molecule has 0 fully saturated rings. The zero-order chi connectivity index (χ0) is 17.1. The third-order valence-corrected chi connectivity index (χ3v) is 4.09. The molecule has 2 heterocycles. The van der Waals surface area contributed by atoms with Crippen molar-refractivity contribution in [2.24, 2.45) is 7.05 Å². The Hall–Kier alpha value is -2.76. The first kappa shape index (κ1) is 16.1. The highest BCUT2D eigenvalue weighted by Gasteiger charge is 2.15. The summed E-state index contributed by atoms with van der Waals surface area (Å²) in [6.45, 7) is 3.58. The lowest BCUT2D eigenvalue weighted by atomic mass is 10.2. The van der Waals surface area contributed by atoms with Crippen LogP contribution in [-0.2, 0) is 13.6 Å². The third-order valence-electron chi connectivity index (χ3n) is 4.09. The minimum atomic E-state index is -0.158. The Balaban J connectivity index is 1.58. The summed E-state index contributed by atoms with van der Waals surface area (Å²) in [5.74, 6) is 0.191. The van der Waals surface area contributed by atoms with Crippen LogP contribution >= 0.6 is 0 Å². The van der Waals surface area contributed by atoms with E-state index in [1.54, 1.807) is 17.9 Å². The number of nitrogens with one attached hydrogen (secondary N) is 1. The van der Waals surface area contributed by atoms with Crippen LogP contribution in [0.2, 0.25) is 0 Å². The number of carbonyl (C=O) groups is 1. The molecule has 0 aliphatic rings. The number of hydrogen-bond acceptors (Lipinski definition) is 3. The molecule has 0 aliphatic carbocycles. The summed E-state index contributed by atoms with van der Waals surface area (Å²) in [6, 6.07) is 10.5. The molecule has 6 nitrogen and oxygen atoms in total.